The summed E-state index contributed by atoms with van der Waals surface area (Å²) in [5.41, 5.74) is 3.07. The number of nitrogens with zero attached hydrogens (tertiary/aromatic N) is 1. The summed E-state index contributed by atoms with van der Waals surface area (Å²) >= 11 is 0. The first-order valence-electron chi connectivity index (χ1n) is 10.5. The van der Waals surface area contributed by atoms with E-state index >= 15 is 0 Å². The second-order valence-electron chi connectivity index (χ2n) is 9.10. The standard InChI is InChI=1S/C22H34N2O3/c1-5-17-13-18-19(7-6-8-20(18)25)24(17)14-15-9-11-16(12-10-15)23-21(26)27-22(2,3)4/h13,15-16H,5-12,14H2,1-4H3,(H,23,26). The van der Waals surface area contributed by atoms with Crippen molar-refractivity contribution >= 4 is 11.9 Å². The van der Waals surface area contributed by atoms with Crippen LogP contribution in [0.4, 0.5) is 4.79 Å². The molecule has 1 amide bonds. The molecule has 5 nitrogen and oxygen atoms in total. The van der Waals surface area contributed by atoms with Gasteiger partial charge in [-0.2, -0.15) is 0 Å². The van der Waals surface area contributed by atoms with Crippen molar-refractivity contribution in [3.05, 3.63) is 23.0 Å². The number of nitrogens with one attached hydrogen (secondary N) is 1. The summed E-state index contributed by atoms with van der Waals surface area (Å²) in [5, 5.41) is 3.02. The number of rotatable bonds is 4. The Hall–Kier alpha value is -1.78. The lowest BCUT2D eigenvalue weighted by Gasteiger charge is -2.31. The van der Waals surface area contributed by atoms with Gasteiger partial charge in [0.1, 0.15) is 5.60 Å². The van der Waals surface area contributed by atoms with E-state index in [1.54, 1.807) is 0 Å². The van der Waals surface area contributed by atoms with Crippen LogP contribution in [0.5, 0.6) is 0 Å². The van der Waals surface area contributed by atoms with Gasteiger partial charge in [-0.05, 0) is 77.7 Å². The molecule has 0 unspecified atom stereocenters. The van der Waals surface area contributed by atoms with Gasteiger partial charge in [0.25, 0.3) is 0 Å². The topological polar surface area (TPSA) is 60.3 Å². The second kappa shape index (κ2) is 8.07. The molecule has 1 saturated carbocycles. The normalized spacial score (nSPS) is 23.0. The summed E-state index contributed by atoms with van der Waals surface area (Å²) < 4.78 is 7.80. The molecule has 0 atom stereocenters. The Kier molecular flexibility index (Phi) is 5.97. The fourth-order valence-electron chi connectivity index (χ4n) is 4.45. The van der Waals surface area contributed by atoms with E-state index in [0.29, 0.717) is 18.1 Å². The molecule has 150 valence electrons. The van der Waals surface area contributed by atoms with Gasteiger partial charge in [0.05, 0.1) is 0 Å². The molecular formula is C22H34N2O3. The molecule has 0 bridgehead atoms. The van der Waals surface area contributed by atoms with Crippen LogP contribution in [0.1, 0.15) is 88.0 Å². The highest BCUT2D eigenvalue weighted by molar-refractivity contribution is 5.98. The number of ketones is 1. The summed E-state index contributed by atoms with van der Waals surface area (Å²) in [5.74, 6) is 0.926. The fraction of sp³-hybridized carbons (Fsp3) is 0.727. The van der Waals surface area contributed by atoms with Crippen molar-refractivity contribution in [3.8, 4) is 0 Å². The van der Waals surface area contributed by atoms with Gasteiger partial charge in [0.15, 0.2) is 5.78 Å². The Labute approximate surface area is 162 Å². The minimum atomic E-state index is -0.456. The Balaban J connectivity index is 1.57. The zero-order valence-corrected chi connectivity index (χ0v) is 17.3. The van der Waals surface area contributed by atoms with Crippen molar-refractivity contribution < 1.29 is 14.3 Å². The lowest BCUT2D eigenvalue weighted by Crippen LogP contribution is -2.41. The van der Waals surface area contributed by atoms with Gasteiger partial charge >= 0.3 is 6.09 Å². The zero-order valence-electron chi connectivity index (χ0n) is 17.3. The smallest absolute Gasteiger partial charge is 0.407 e. The number of alkyl carbamates (subject to hydrolysis) is 1. The number of carbonyl (C=O) groups is 2. The largest absolute Gasteiger partial charge is 0.444 e. The van der Waals surface area contributed by atoms with Crippen molar-refractivity contribution in [3.63, 3.8) is 0 Å². The van der Waals surface area contributed by atoms with Gasteiger partial charge in [0, 0.05) is 36.0 Å². The van der Waals surface area contributed by atoms with Gasteiger partial charge in [-0.15, -0.1) is 0 Å². The molecular weight excluding hydrogens is 340 g/mol. The summed E-state index contributed by atoms with van der Waals surface area (Å²) in [7, 11) is 0. The summed E-state index contributed by atoms with van der Waals surface area (Å²) in [6.07, 6.45) is 7.55. The van der Waals surface area contributed by atoms with Crippen LogP contribution >= 0.6 is 0 Å². The van der Waals surface area contributed by atoms with Crippen molar-refractivity contribution in [2.75, 3.05) is 0 Å². The fourth-order valence-corrected chi connectivity index (χ4v) is 4.45. The van der Waals surface area contributed by atoms with E-state index in [1.807, 2.05) is 20.8 Å². The molecule has 0 spiro atoms. The molecule has 1 fully saturated rings. The van der Waals surface area contributed by atoms with Crippen LogP contribution < -0.4 is 5.32 Å². The molecule has 2 aliphatic rings. The summed E-state index contributed by atoms with van der Waals surface area (Å²) in [6.45, 7) is 8.83. The molecule has 5 heteroatoms. The average molecular weight is 375 g/mol. The number of ether oxygens (including phenoxy) is 1. The number of Topliss-reactive ketones (excluding diaryl/α,β-unsaturated/α-hetero) is 1. The van der Waals surface area contributed by atoms with Crippen molar-refractivity contribution in [1.29, 1.82) is 0 Å². The molecule has 1 aromatic rings. The first-order valence-corrected chi connectivity index (χ1v) is 10.5. The molecule has 0 aromatic carbocycles. The van der Waals surface area contributed by atoms with Crippen LogP contribution in [0.15, 0.2) is 6.07 Å². The van der Waals surface area contributed by atoms with Gasteiger partial charge in [-0.25, -0.2) is 4.79 Å². The highest BCUT2D eigenvalue weighted by Crippen LogP contribution is 2.31. The lowest BCUT2D eigenvalue weighted by atomic mass is 9.85. The molecule has 1 aromatic heterocycles. The van der Waals surface area contributed by atoms with Crippen molar-refractivity contribution in [2.24, 2.45) is 5.92 Å². The molecule has 2 aliphatic carbocycles. The summed E-state index contributed by atoms with van der Waals surface area (Å²) in [6, 6.07) is 2.34. The third kappa shape index (κ3) is 4.94. The molecule has 1 heterocycles. The van der Waals surface area contributed by atoms with Crippen LogP contribution in [-0.2, 0) is 24.1 Å². The third-order valence-corrected chi connectivity index (χ3v) is 5.78. The molecule has 3 rings (SSSR count). The van der Waals surface area contributed by atoms with Crippen LogP contribution in [0.2, 0.25) is 0 Å². The van der Waals surface area contributed by atoms with E-state index < -0.39 is 5.60 Å². The van der Waals surface area contributed by atoms with E-state index in [-0.39, 0.29) is 12.1 Å². The highest BCUT2D eigenvalue weighted by Gasteiger charge is 2.28. The minimum Gasteiger partial charge on any atom is -0.444 e. The maximum atomic E-state index is 12.2. The number of fused-ring (bicyclic) bond motifs is 1. The minimum absolute atomic E-state index is 0.210. The highest BCUT2D eigenvalue weighted by atomic mass is 16.6. The maximum absolute atomic E-state index is 12.2. The van der Waals surface area contributed by atoms with Crippen LogP contribution in [-0.4, -0.2) is 28.1 Å². The number of hydrogen-bond acceptors (Lipinski definition) is 3. The lowest BCUT2D eigenvalue weighted by molar-refractivity contribution is 0.0486. The number of aromatic nitrogens is 1. The molecule has 0 aliphatic heterocycles. The number of aryl methyl sites for hydroxylation is 1. The number of hydrogen-bond donors (Lipinski definition) is 1. The van der Waals surface area contributed by atoms with Crippen molar-refractivity contribution in [2.45, 2.75) is 97.2 Å². The van der Waals surface area contributed by atoms with Crippen LogP contribution in [0.25, 0.3) is 0 Å². The van der Waals surface area contributed by atoms with Crippen molar-refractivity contribution in [1.82, 2.24) is 9.88 Å². The maximum Gasteiger partial charge on any atom is 0.407 e. The SMILES string of the molecule is CCc1cc2c(n1CC1CCC(NC(=O)OC(C)(C)C)CC1)CCCC2=O. The predicted molar refractivity (Wildman–Crippen MR) is 106 cm³/mol. The zero-order chi connectivity index (χ0) is 19.6. The first-order chi connectivity index (χ1) is 12.8. The monoisotopic (exact) mass is 374 g/mol. The van der Waals surface area contributed by atoms with Gasteiger partial charge in [-0.3, -0.25) is 4.79 Å². The Morgan fingerprint density at radius 2 is 1.93 bits per heavy atom. The van der Waals surface area contributed by atoms with E-state index in [2.05, 4.69) is 22.9 Å². The van der Waals surface area contributed by atoms with Gasteiger partial charge in [0.2, 0.25) is 0 Å². The van der Waals surface area contributed by atoms with Crippen LogP contribution in [0.3, 0.4) is 0 Å². The molecule has 0 saturated heterocycles. The Morgan fingerprint density at radius 1 is 1.22 bits per heavy atom. The average Bonchev–Trinajstić information content (AvgIpc) is 2.94. The Morgan fingerprint density at radius 3 is 2.56 bits per heavy atom. The Bertz CT molecular complexity index is 691. The molecule has 27 heavy (non-hydrogen) atoms. The third-order valence-electron chi connectivity index (χ3n) is 5.78. The van der Waals surface area contributed by atoms with E-state index in [0.717, 1.165) is 57.1 Å². The van der Waals surface area contributed by atoms with E-state index in [1.165, 1.54) is 11.4 Å². The first kappa shape index (κ1) is 20.0. The quantitative estimate of drug-likeness (QED) is 0.834. The van der Waals surface area contributed by atoms with Gasteiger partial charge < -0.3 is 14.6 Å². The number of carbonyl (C=O) groups excluding carboxylic acids is 2. The summed E-state index contributed by atoms with van der Waals surface area (Å²) in [4.78, 5) is 24.2. The van der Waals surface area contributed by atoms with E-state index in [9.17, 15) is 9.59 Å². The predicted octanol–water partition coefficient (Wildman–Crippen LogP) is 4.65. The number of amides is 1. The van der Waals surface area contributed by atoms with E-state index in [4.69, 9.17) is 4.74 Å². The molecule has 1 N–H and O–H groups in total. The molecule has 0 radical (unpaired) electrons. The van der Waals surface area contributed by atoms with Crippen LogP contribution in [0, 0.1) is 5.92 Å². The van der Waals surface area contributed by atoms with Gasteiger partial charge in [-0.1, -0.05) is 6.92 Å². The second-order valence-corrected chi connectivity index (χ2v) is 9.10.